The molecule has 0 bridgehead atoms. The van der Waals surface area contributed by atoms with Crippen molar-refractivity contribution in [1.29, 1.82) is 5.26 Å². The third-order valence-electron chi connectivity index (χ3n) is 3.42. The molecule has 140 valence electrons. The van der Waals surface area contributed by atoms with Crippen molar-refractivity contribution < 1.29 is 14.7 Å². The zero-order valence-electron chi connectivity index (χ0n) is 13.9. The Balaban J connectivity index is 1.68. The van der Waals surface area contributed by atoms with Gasteiger partial charge < -0.3 is 10.4 Å². The van der Waals surface area contributed by atoms with E-state index in [4.69, 9.17) is 16.9 Å². The minimum Gasteiger partial charge on any atom is -0.478 e. The summed E-state index contributed by atoms with van der Waals surface area (Å²) in [5.41, 5.74) is 0.387. The first kappa shape index (κ1) is 19.8. The highest BCUT2D eigenvalue weighted by Gasteiger charge is 2.15. The van der Waals surface area contributed by atoms with Gasteiger partial charge in [-0.15, -0.1) is 0 Å². The van der Waals surface area contributed by atoms with Crippen LogP contribution in [0.4, 0.5) is 5.69 Å². The van der Waals surface area contributed by atoms with Gasteiger partial charge in [-0.05, 0) is 53.5 Å². The highest BCUT2D eigenvalue weighted by molar-refractivity contribution is 7.98. The van der Waals surface area contributed by atoms with E-state index >= 15 is 0 Å². The van der Waals surface area contributed by atoms with Crippen molar-refractivity contribution in [1.82, 2.24) is 14.3 Å². The van der Waals surface area contributed by atoms with Gasteiger partial charge in [-0.25, -0.2) is 14.8 Å². The monoisotopic (exact) mass is 431 g/mol. The van der Waals surface area contributed by atoms with E-state index < -0.39 is 11.9 Å². The maximum Gasteiger partial charge on any atom is 0.337 e. The molecule has 0 radical (unpaired) electrons. The lowest BCUT2D eigenvalue weighted by Gasteiger charge is -2.09. The van der Waals surface area contributed by atoms with Crippen molar-refractivity contribution in [3.63, 3.8) is 0 Å². The maximum absolute atomic E-state index is 12.4. The van der Waals surface area contributed by atoms with Gasteiger partial charge in [0, 0.05) is 6.20 Å². The number of aromatic nitrogens is 3. The maximum atomic E-state index is 12.4. The molecular weight excluding hydrogens is 422 g/mol. The minimum absolute atomic E-state index is 0.0986. The van der Waals surface area contributed by atoms with Crippen LogP contribution in [0.2, 0.25) is 4.47 Å². The van der Waals surface area contributed by atoms with Crippen molar-refractivity contribution >= 4 is 52.5 Å². The molecule has 1 amide bonds. The summed E-state index contributed by atoms with van der Waals surface area (Å²) in [4.78, 5) is 32.0. The van der Waals surface area contributed by atoms with Crippen LogP contribution in [-0.2, 0) is 5.75 Å². The number of aromatic carboxylic acids is 1. The number of hydrogen-bond donors (Lipinski definition) is 2. The number of halogens is 1. The van der Waals surface area contributed by atoms with Crippen molar-refractivity contribution in [2.75, 3.05) is 5.32 Å². The molecule has 0 unspecified atom stereocenters. The number of carbonyl (C=O) groups is 2. The van der Waals surface area contributed by atoms with Gasteiger partial charge >= 0.3 is 5.97 Å². The number of hydrogen-bond acceptors (Lipinski definition) is 8. The Labute approximate surface area is 172 Å². The molecule has 3 rings (SSSR count). The molecular formula is C17H10ClN5O3S2. The molecule has 0 aliphatic carbocycles. The molecule has 0 spiro atoms. The van der Waals surface area contributed by atoms with Gasteiger partial charge in [0.2, 0.25) is 4.47 Å². The van der Waals surface area contributed by atoms with Gasteiger partial charge in [0.1, 0.15) is 0 Å². The Kier molecular flexibility index (Phi) is 6.20. The molecule has 0 saturated heterocycles. The van der Waals surface area contributed by atoms with Crippen LogP contribution in [0.3, 0.4) is 0 Å². The summed E-state index contributed by atoms with van der Waals surface area (Å²) in [6.45, 7) is 0. The minimum atomic E-state index is -1.24. The lowest BCUT2D eigenvalue weighted by molar-refractivity contribution is 0.0698. The first-order valence-corrected chi connectivity index (χ1v) is 9.75. The summed E-state index contributed by atoms with van der Waals surface area (Å²) in [6, 6.07) is 9.12. The van der Waals surface area contributed by atoms with Crippen LogP contribution in [0.5, 0.6) is 0 Å². The van der Waals surface area contributed by atoms with E-state index in [1.54, 1.807) is 12.1 Å². The summed E-state index contributed by atoms with van der Waals surface area (Å²) >= 11 is 8.24. The predicted octanol–water partition coefficient (Wildman–Crippen LogP) is 3.70. The molecule has 0 aliphatic heterocycles. The first-order chi connectivity index (χ1) is 13.5. The number of thioether (sulfide) groups is 1. The van der Waals surface area contributed by atoms with Gasteiger partial charge in [-0.1, -0.05) is 11.8 Å². The standard InChI is InChI=1S/C17H10ClN5O3S2/c18-17-22-13(23-28-17)8-27-14-4-2-10(7-20-14)15(24)21-12-3-1-9(6-19)5-11(12)16(25)26/h1-5,7H,8H2,(H,21,24)(H,25,26). The largest absolute Gasteiger partial charge is 0.478 e. The molecule has 28 heavy (non-hydrogen) atoms. The second kappa shape index (κ2) is 8.79. The number of nitrogens with zero attached hydrogens (tertiary/aromatic N) is 4. The van der Waals surface area contributed by atoms with Crippen molar-refractivity contribution in [3.8, 4) is 6.07 Å². The van der Waals surface area contributed by atoms with Gasteiger partial charge in [0.15, 0.2) is 5.82 Å². The average Bonchev–Trinajstić information content (AvgIpc) is 3.12. The fourth-order valence-corrected chi connectivity index (χ4v) is 3.54. The first-order valence-electron chi connectivity index (χ1n) is 7.62. The van der Waals surface area contributed by atoms with Gasteiger partial charge in [0.05, 0.1) is 39.2 Å². The van der Waals surface area contributed by atoms with E-state index in [1.165, 1.54) is 36.2 Å². The SMILES string of the molecule is N#Cc1ccc(NC(=O)c2ccc(SCc3nsc(Cl)n3)nc2)c(C(=O)O)c1. The van der Waals surface area contributed by atoms with Gasteiger partial charge in [-0.2, -0.15) is 9.64 Å². The smallest absolute Gasteiger partial charge is 0.337 e. The second-order valence-electron chi connectivity index (χ2n) is 5.27. The molecule has 0 saturated carbocycles. The number of nitriles is 1. The van der Waals surface area contributed by atoms with E-state index in [0.717, 1.165) is 11.5 Å². The van der Waals surface area contributed by atoms with Crippen LogP contribution in [0.1, 0.15) is 32.1 Å². The third kappa shape index (κ3) is 4.83. The average molecular weight is 432 g/mol. The summed E-state index contributed by atoms with van der Waals surface area (Å²) < 4.78 is 4.45. The Bertz CT molecular complexity index is 1080. The van der Waals surface area contributed by atoms with Gasteiger partial charge in [-0.3, -0.25) is 4.79 Å². The van der Waals surface area contributed by atoms with Crippen molar-refractivity contribution in [2.24, 2.45) is 0 Å². The number of benzene rings is 1. The van der Waals surface area contributed by atoms with Crippen LogP contribution >= 0.6 is 34.9 Å². The Morgan fingerprint density at radius 3 is 2.75 bits per heavy atom. The van der Waals surface area contributed by atoms with Crippen molar-refractivity contribution in [3.05, 3.63) is 63.5 Å². The quantitative estimate of drug-likeness (QED) is 0.565. The van der Waals surface area contributed by atoms with Crippen molar-refractivity contribution in [2.45, 2.75) is 10.8 Å². The zero-order valence-corrected chi connectivity index (χ0v) is 16.3. The van der Waals surface area contributed by atoms with Gasteiger partial charge in [0.25, 0.3) is 5.91 Å². The van der Waals surface area contributed by atoms with Crippen LogP contribution in [0, 0.1) is 11.3 Å². The van der Waals surface area contributed by atoms with Crippen LogP contribution < -0.4 is 5.32 Å². The molecule has 1 aromatic carbocycles. The lowest BCUT2D eigenvalue weighted by Crippen LogP contribution is -2.15. The number of carboxylic acid groups (broad SMARTS) is 1. The molecule has 8 nitrogen and oxygen atoms in total. The molecule has 11 heteroatoms. The Hall–Kier alpha value is -3.00. The summed E-state index contributed by atoms with van der Waals surface area (Å²) in [5.74, 6) is -0.655. The van der Waals surface area contributed by atoms with E-state index in [9.17, 15) is 14.7 Å². The van der Waals surface area contributed by atoms with E-state index in [0.29, 0.717) is 21.1 Å². The number of anilines is 1. The molecule has 2 heterocycles. The summed E-state index contributed by atoms with van der Waals surface area (Å²) in [5, 5.41) is 21.4. The predicted molar refractivity (Wildman–Crippen MR) is 105 cm³/mol. The number of pyridine rings is 1. The number of amides is 1. The molecule has 0 fully saturated rings. The zero-order chi connectivity index (χ0) is 20.1. The highest BCUT2D eigenvalue weighted by atomic mass is 35.5. The topological polar surface area (TPSA) is 129 Å². The normalized spacial score (nSPS) is 10.3. The highest BCUT2D eigenvalue weighted by Crippen LogP contribution is 2.22. The van der Waals surface area contributed by atoms with Crippen LogP contribution in [-0.4, -0.2) is 31.3 Å². The molecule has 2 N–H and O–H groups in total. The fourth-order valence-electron chi connectivity index (χ4n) is 2.12. The van der Waals surface area contributed by atoms with E-state index in [-0.39, 0.29) is 22.4 Å². The summed E-state index contributed by atoms with van der Waals surface area (Å²) in [6.07, 6.45) is 1.39. The molecule has 3 aromatic rings. The molecule has 2 aromatic heterocycles. The lowest BCUT2D eigenvalue weighted by atomic mass is 10.1. The Morgan fingerprint density at radius 1 is 1.32 bits per heavy atom. The van der Waals surface area contributed by atoms with Crippen LogP contribution in [0.25, 0.3) is 0 Å². The third-order valence-corrected chi connectivity index (χ3v) is 5.19. The number of nitrogens with one attached hydrogen (secondary N) is 1. The Morgan fingerprint density at radius 2 is 2.14 bits per heavy atom. The summed E-state index contributed by atoms with van der Waals surface area (Å²) in [7, 11) is 0. The van der Waals surface area contributed by atoms with E-state index in [1.807, 2.05) is 6.07 Å². The van der Waals surface area contributed by atoms with Crippen LogP contribution in [0.15, 0.2) is 41.6 Å². The van der Waals surface area contributed by atoms with E-state index in [2.05, 4.69) is 19.7 Å². The second-order valence-corrected chi connectivity index (χ2v) is 7.60. The molecule has 0 atom stereocenters. The fraction of sp³-hybridized carbons (Fsp3) is 0.0588. The molecule has 0 aliphatic rings. The number of carbonyl (C=O) groups excluding carboxylic acids is 1. The number of rotatable bonds is 6. The number of carboxylic acids is 1.